The summed E-state index contributed by atoms with van der Waals surface area (Å²) >= 11 is 0. The summed E-state index contributed by atoms with van der Waals surface area (Å²) in [7, 11) is 1.89. The Labute approximate surface area is 117 Å². The highest BCUT2D eigenvalue weighted by Crippen LogP contribution is 2.29. The van der Waals surface area contributed by atoms with Crippen molar-refractivity contribution in [2.45, 2.75) is 44.2 Å². The Balaban J connectivity index is 1.97. The first-order chi connectivity index (χ1) is 9.49. The lowest BCUT2D eigenvalue weighted by Crippen LogP contribution is -2.43. The maximum Gasteiger partial charge on any atom is 0.303 e. The van der Waals surface area contributed by atoms with Crippen molar-refractivity contribution in [2.24, 2.45) is 12.8 Å². The number of carboxylic acid groups (broad SMARTS) is 1. The molecule has 0 saturated carbocycles. The summed E-state index contributed by atoms with van der Waals surface area (Å²) in [6.45, 7) is 0. The monoisotopic (exact) mass is 280 g/mol. The molecule has 0 fully saturated rings. The molecule has 4 N–H and O–H groups in total. The number of amides is 1. The number of hydrogen-bond donors (Lipinski definition) is 3. The van der Waals surface area contributed by atoms with Gasteiger partial charge in [-0.15, -0.1) is 0 Å². The molecule has 1 amide bonds. The Kier molecular flexibility index (Phi) is 4.39. The molecule has 20 heavy (non-hydrogen) atoms. The first-order valence-corrected chi connectivity index (χ1v) is 6.77. The third kappa shape index (κ3) is 3.16. The lowest BCUT2D eigenvalue weighted by Gasteiger charge is -2.25. The summed E-state index contributed by atoms with van der Waals surface area (Å²) in [4.78, 5) is 22.5. The smallest absolute Gasteiger partial charge is 0.303 e. The molecule has 1 heterocycles. The fourth-order valence-electron chi connectivity index (χ4n) is 2.54. The number of nitrogens with one attached hydrogen (secondary N) is 1. The van der Waals surface area contributed by atoms with Gasteiger partial charge in [0.25, 0.3) is 0 Å². The molecule has 0 aromatic carbocycles. The van der Waals surface area contributed by atoms with Gasteiger partial charge in [-0.25, -0.2) is 0 Å². The molecule has 0 bridgehead atoms. The molecular formula is C13H20N4O3. The minimum atomic E-state index is -0.944. The van der Waals surface area contributed by atoms with Crippen LogP contribution in [0.5, 0.6) is 0 Å². The molecule has 1 aliphatic rings. The Morgan fingerprint density at radius 3 is 3.10 bits per heavy atom. The third-order valence-corrected chi connectivity index (χ3v) is 3.70. The zero-order chi connectivity index (χ0) is 14.7. The number of hydrogen-bond acceptors (Lipinski definition) is 4. The zero-order valence-corrected chi connectivity index (χ0v) is 11.5. The van der Waals surface area contributed by atoms with Crippen molar-refractivity contribution in [3.8, 4) is 0 Å². The van der Waals surface area contributed by atoms with E-state index in [0.29, 0.717) is 0 Å². The summed E-state index contributed by atoms with van der Waals surface area (Å²) in [6, 6.07) is -0.857. The van der Waals surface area contributed by atoms with Gasteiger partial charge in [0.1, 0.15) is 0 Å². The maximum atomic E-state index is 12.0. The molecule has 2 atom stereocenters. The van der Waals surface area contributed by atoms with Gasteiger partial charge >= 0.3 is 5.97 Å². The lowest BCUT2D eigenvalue weighted by molar-refractivity contribution is -0.137. The van der Waals surface area contributed by atoms with Gasteiger partial charge in [0.05, 0.1) is 18.3 Å². The number of aryl methyl sites for hydroxylation is 1. The normalized spacial score (nSPS) is 19.2. The van der Waals surface area contributed by atoms with Gasteiger partial charge in [-0.3, -0.25) is 14.3 Å². The van der Waals surface area contributed by atoms with Crippen molar-refractivity contribution in [3.63, 3.8) is 0 Å². The molecule has 0 spiro atoms. The number of aromatic nitrogens is 2. The molecule has 110 valence electrons. The van der Waals surface area contributed by atoms with E-state index in [1.807, 2.05) is 11.7 Å². The van der Waals surface area contributed by atoms with Crippen LogP contribution < -0.4 is 11.1 Å². The van der Waals surface area contributed by atoms with E-state index >= 15 is 0 Å². The minimum Gasteiger partial charge on any atom is -0.481 e. The van der Waals surface area contributed by atoms with Crippen molar-refractivity contribution in [1.82, 2.24) is 15.1 Å². The van der Waals surface area contributed by atoms with Gasteiger partial charge in [0.2, 0.25) is 5.91 Å². The van der Waals surface area contributed by atoms with Crippen LogP contribution >= 0.6 is 0 Å². The van der Waals surface area contributed by atoms with Crippen LogP contribution in [0.1, 0.15) is 43.0 Å². The Morgan fingerprint density at radius 1 is 1.65 bits per heavy atom. The highest BCUT2D eigenvalue weighted by Gasteiger charge is 2.26. The number of carbonyl (C=O) groups is 2. The molecule has 1 aromatic rings. The third-order valence-electron chi connectivity index (χ3n) is 3.70. The van der Waals surface area contributed by atoms with Crippen LogP contribution in [-0.2, 0) is 23.1 Å². The van der Waals surface area contributed by atoms with E-state index in [4.69, 9.17) is 10.8 Å². The number of carbonyl (C=O) groups excluding carboxylic acids is 1. The number of nitrogens with two attached hydrogens (primary N) is 1. The van der Waals surface area contributed by atoms with Gasteiger partial charge in [-0.1, -0.05) is 0 Å². The fourth-order valence-corrected chi connectivity index (χ4v) is 2.54. The quantitative estimate of drug-likeness (QED) is 0.709. The van der Waals surface area contributed by atoms with E-state index in [-0.39, 0.29) is 24.8 Å². The van der Waals surface area contributed by atoms with E-state index < -0.39 is 12.0 Å². The molecule has 2 rings (SSSR count). The van der Waals surface area contributed by atoms with E-state index in [0.717, 1.165) is 30.5 Å². The molecule has 2 unspecified atom stereocenters. The lowest BCUT2D eigenvalue weighted by atomic mass is 9.92. The van der Waals surface area contributed by atoms with Crippen molar-refractivity contribution in [2.75, 3.05) is 0 Å². The Hall–Kier alpha value is -1.89. The molecule has 0 radical (unpaired) electrons. The maximum absolute atomic E-state index is 12.0. The molecule has 7 nitrogen and oxygen atoms in total. The molecule has 0 aliphatic heterocycles. The number of fused-ring (bicyclic) bond motifs is 1. The van der Waals surface area contributed by atoms with Crippen molar-refractivity contribution >= 4 is 11.9 Å². The number of nitrogens with zero attached hydrogens (tertiary/aromatic N) is 2. The molecule has 0 saturated heterocycles. The van der Waals surface area contributed by atoms with Gasteiger partial charge in [-0.2, -0.15) is 5.10 Å². The van der Waals surface area contributed by atoms with Crippen molar-refractivity contribution in [3.05, 3.63) is 17.5 Å². The molecule has 1 aromatic heterocycles. The van der Waals surface area contributed by atoms with Crippen LogP contribution in [0.2, 0.25) is 0 Å². The standard InChI is InChI=1S/C13H20N4O3/c1-17-11-4-2-3-10(8(11)7-15-17)16-13(20)9(14)5-6-12(18)19/h7,9-10H,2-6,14H2,1H3,(H,16,20)(H,18,19). The fraction of sp³-hybridized carbons (Fsp3) is 0.615. The highest BCUT2D eigenvalue weighted by atomic mass is 16.4. The topological polar surface area (TPSA) is 110 Å². The second kappa shape index (κ2) is 6.04. The largest absolute Gasteiger partial charge is 0.481 e. The van der Waals surface area contributed by atoms with Crippen LogP contribution in [0.4, 0.5) is 0 Å². The van der Waals surface area contributed by atoms with Crippen LogP contribution in [0.25, 0.3) is 0 Å². The highest BCUT2D eigenvalue weighted by molar-refractivity contribution is 5.82. The number of rotatable bonds is 5. The summed E-state index contributed by atoms with van der Waals surface area (Å²) < 4.78 is 1.83. The average molecular weight is 280 g/mol. The van der Waals surface area contributed by atoms with Crippen molar-refractivity contribution < 1.29 is 14.7 Å². The van der Waals surface area contributed by atoms with Crippen molar-refractivity contribution in [1.29, 1.82) is 0 Å². The summed E-state index contributed by atoms with van der Waals surface area (Å²) in [5.41, 5.74) is 7.89. The van der Waals surface area contributed by atoms with E-state index in [1.165, 1.54) is 0 Å². The van der Waals surface area contributed by atoms with Gasteiger partial charge in [0, 0.05) is 24.7 Å². The Bertz CT molecular complexity index is 512. The van der Waals surface area contributed by atoms with Crippen LogP contribution in [0.3, 0.4) is 0 Å². The molecule has 1 aliphatic carbocycles. The molecule has 7 heteroatoms. The van der Waals surface area contributed by atoms with Crippen LogP contribution in [0, 0.1) is 0 Å². The summed E-state index contributed by atoms with van der Waals surface area (Å²) in [5.74, 6) is -1.24. The predicted octanol–water partition coefficient (Wildman–Crippen LogP) is 0.106. The SMILES string of the molecule is Cn1ncc2c1CCCC2NC(=O)C(N)CCC(=O)O. The van der Waals surface area contributed by atoms with E-state index in [2.05, 4.69) is 10.4 Å². The number of aliphatic carboxylic acids is 1. The zero-order valence-electron chi connectivity index (χ0n) is 11.5. The first kappa shape index (κ1) is 14.5. The second-order valence-electron chi connectivity index (χ2n) is 5.16. The summed E-state index contributed by atoms with van der Waals surface area (Å²) in [6.07, 6.45) is 4.63. The first-order valence-electron chi connectivity index (χ1n) is 6.77. The second-order valence-corrected chi connectivity index (χ2v) is 5.16. The molecular weight excluding hydrogens is 260 g/mol. The van der Waals surface area contributed by atoms with E-state index in [1.54, 1.807) is 6.20 Å². The van der Waals surface area contributed by atoms with Crippen LogP contribution in [0.15, 0.2) is 6.20 Å². The van der Waals surface area contributed by atoms with Gasteiger partial charge in [0.15, 0.2) is 0 Å². The minimum absolute atomic E-state index is 0.0733. The number of carboxylic acids is 1. The van der Waals surface area contributed by atoms with E-state index in [9.17, 15) is 9.59 Å². The summed E-state index contributed by atoms with van der Waals surface area (Å²) in [5, 5.41) is 15.7. The van der Waals surface area contributed by atoms with Gasteiger partial charge < -0.3 is 16.2 Å². The average Bonchev–Trinajstić information content (AvgIpc) is 2.79. The predicted molar refractivity (Wildman–Crippen MR) is 71.9 cm³/mol. The van der Waals surface area contributed by atoms with Gasteiger partial charge in [-0.05, 0) is 25.7 Å². The Morgan fingerprint density at radius 2 is 2.40 bits per heavy atom. The van der Waals surface area contributed by atoms with Crippen LogP contribution in [-0.4, -0.2) is 32.8 Å².